The average molecular weight is 302 g/mol. The van der Waals surface area contributed by atoms with Gasteiger partial charge < -0.3 is 20.5 Å². The molecule has 1 atom stereocenters. The van der Waals surface area contributed by atoms with E-state index in [1.54, 1.807) is 0 Å². The smallest absolute Gasteiger partial charge is 0.312 e. The second-order valence-electron chi connectivity index (χ2n) is 5.39. The molecule has 0 aromatic rings. The molecule has 1 unspecified atom stereocenters. The van der Waals surface area contributed by atoms with Gasteiger partial charge in [0.1, 0.15) is 0 Å². The van der Waals surface area contributed by atoms with E-state index in [9.17, 15) is 4.79 Å². The first-order valence-electron chi connectivity index (χ1n) is 8.40. The van der Waals surface area contributed by atoms with Gasteiger partial charge in [-0.15, -0.1) is 0 Å². The van der Waals surface area contributed by atoms with Gasteiger partial charge in [-0.3, -0.25) is 0 Å². The van der Waals surface area contributed by atoms with E-state index in [0.717, 1.165) is 12.8 Å². The number of urea groups is 1. The van der Waals surface area contributed by atoms with Gasteiger partial charge in [0, 0.05) is 26.2 Å². The van der Waals surface area contributed by atoms with Gasteiger partial charge in [0.2, 0.25) is 0 Å². The van der Waals surface area contributed by atoms with E-state index >= 15 is 0 Å². The quantitative estimate of drug-likeness (QED) is 0.381. The average Bonchev–Trinajstić information content (AvgIpc) is 2.44. The van der Waals surface area contributed by atoms with Crippen LogP contribution in [-0.2, 0) is 9.47 Å². The SMILES string of the molecule is CCCCCCCC(CNC(N)=O)CC(OCC)OCC. The summed E-state index contributed by atoms with van der Waals surface area (Å²) < 4.78 is 11.2. The molecule has 0 saturated heterocycles. The minimum atomic E-state index is -0.463. The standard InChI is InChI=1S/C16H34N2O3/c1-4-7-8-9-10-11-14(13-18-16(17)19)12-15(20-5-2)21-6-3/h14-15H,4-13H2,1-3H3,(H3,17,18,19). The van der Waals surface area contributed by atoms with Gasteiger partial charge in [-0.05, 0) is 26.2 Å². The van der Waals surface area contributed by atoms with Crippen molar-refractivity contribution in [2.45, 2.75) is 72.0 Å². The zero-order valence-corrected chi connectivity index (χ0v) is 14.0. The van der Waals surface area contributed by atoms with Crippen molar-refractivity contribution >= 4 is 6.03 Å². The Labute approximate surface area is 129 Å². The maximum atomic E-state index is 10.9. The number of primary amides is 1. The van der Waals surface area contributed by atoms with Crippen LogP contribution >= 0.6 is 0 Å². The largest absolute Gasteiger partial charge is 0.353 e. The van der Waals surface area contributed by atoms with Gasteiger partial charge in [0.15, 0.2) is 6.29 Å². The molecule has 21 heavy (non-hydrogen) atoms. The van der Waals surface area contributed by atoms with E-state index in [2.05, 4.69) is 12.2 Å². The lowest BCUT2D eigenvalue weighted by atomic mass is 9.96. The number of hydrogen-bond acceptors (Lipinski definition) is 3. The molecule has 126 valence electrons. The fourth-order valence-corrected chi connectivity index (χ4v) is 2.41. The minimum Gasteiger partial charge on any atom is -0.353 e. The molecule has 2 amide bonds. The van der Waals surface area contributed by atoms with Gasteiger partial charge in [-0.25, -0.2) is 4.79 Å². The molecule has 3 N–H and O–H groups in total. The Balaban J connectivity index is 4.17. The molecule has 0 aromatic heterocycles. The van der Waals surface area contributed by atoms with Crippen molar-refractivity contribution in [2.24, 2.45) is 11.7 Å². The molecule has 0 radical (unpaired) electrons. The lowest BCUT2D eigenvalue weighted by molar-refractivity contribution is -0.146. The number of hydrogen-bond donors (Lipinski definition) is 2. The minimum absolute atomic E-state index is 0.185. The van der Waals surface area contributed by atoms with Crippen molar-refractivity contribution in [1.29, 1.82) is 0 Å². The summed E-state index contributed by atoms with van der Waals surface area (Å²) in [4.78, 5) is 10.9. The zero-order valence-electron chi connectivity index (χ0n) is 14.0. The number of nitrogens with two attached hydrogens (primary N) is 1. The topological polar surface area (TPSA) is 73.6 Å². The van der Waals surface area contributed by atoms with Crippen LogP contribution in [0, 0.1) is 5.92 Å². The summed E-state index contributed by atoms with van der Waals surface area (Å²) in [5, 5.41) is 2.72. The highest BCUT2D eigenvalue weighted by atomic mass is 16.7. The number of rotatable bonds is 14. The number of amides is 2. The first-order valence-corrected chi connectivity index (χ1v) is 8.40. The monoisotopic (exact) mass is 302 g/mol. The summed E-state index contributed by atoms with van der Waals surface area (Å²) in [7, 11) is 0. The number of ether oxygens (including phenoxy) is 2. The fourth-order valence-electron chi connectivity index (χ4n) is 2.41. The normalized spacial score (nSPS) is 12.6. The molecule has 0 saturated carbocycles. The summed E-state index contributed by atoms with van der Waals surface area (Å²) in [5.74, 6) is 0.349. The Morgan fingerprint density at radius 1 is 1.05 bits per heavy atom. The summed E-state index contributed by atoms with van der Waals surface area (Å²) in [5.41, 5.74) is 5.17. The van der Waals surface area contributed by atoms with Gasteiger partial charge in [-0.1, -0.05) is 39.0 Å². The first kappa shape index (κ1) is 20.2. The third kappa shape index (κ3) is 12.6. The maximum absolute atomic E-state index is 10.9. The van der Waals surface area contributed by atoms with E-state index < -0.39 is 6.03 Å². The molecule has 0 aromatic carbocycles. The van der Waals surface area contributed by atoms with E-state index in [0.29, 0.717) is 25.7 Å². The Hall–Kier alpha value is -0.810. The van der Waals surface area contributed by atoms with Gasteiger partial charge in [0.05, 0.1) is 0 Å². The highest BCUT2D eigenvalue weighted by molar-refractivity contribution is 5.71. The summed E-state index contributed by atoms with van der Waals surface area (Å²) in [6, 6.07) is -0.463. The lowest BCUT2D eigenvalue weighted by Gasteiger charge is -2.23. The predicted octanol–water partition coefficient (Wildman–Crippen LogP) is 3.42. The van der Waals surface area contributed by atoms with E-state index in [1.807, 2.05) is 13.8 Å². The van der Waals surface area contributed by atoms with Crippen molar-refractivity contribution in [3.8, 4) is 0 Å². The van der Waals surface area contributed by atoms with Gasteiger partial charge >= 0.3 is 6.03 Å². The molecule has 0 spiro atoms. The Kier molecular flexibility index (Phi) is 13.6. The summed E-state index contributed by atoms with van der Waals surface area (Å²) in [6.07, 6.45) is 7.94. The second-order valence-corrected chi connectivity index (χ2v) is 5.39. The van der Waals surface area contributed by atoms with Crippen molar-refractivity contribution in [1.82, 2.24) is 5.32 Å². The van der Waals surface area contributed by atoms with Crippen LogP contribution < -0.4 is 11.1 Å². The van der Waals surface area contributed by atoms with Crippen molar-refractivity contribution < 1.29 is 14.3 Å². The predicted molar refractivity (Wildman–Crippen MR) is 86.1 cm³/mol. The molecule has 0 rings (SSSR count). The van der Waals surface area contributed by atoms with Gasteiger partial charge in [0.25, 0.3) is 0 Å². The molecular weight excluding hydrogens is 268 g/mol. The highest BCUT2D eigenvalue weighted by Crippen LogP contribution is 2.18. The molecular formula is C16H34N2O3. The Morgan fingerprint density at radius 2 is 1.67 bits per heavy atom. The van der Waals surface area contributed by atoms with Crippen LogP contribution in [0.4, 0.5) is 4.79 Å². The maximum Gasteiger partial charge on any atom is 0.312 e. The summed E-state index contributed by atoms with van der Waals surface area (Å²) >= 11 is 0. The number of nitrogens with one attached hydrogen (secondary N) is 1. The number of unbranched alkanes of at least 4 members (excludes halogenated alkanes) is 4. The van der Waals surface area contributed by atoms with Crippen LogP contribution in [0.2, 0.25) is 0 Å². The molecule has 0 heterocycles. The molecule has 0 aliphatic rings. The first-order chi connectivity index (χ1) is 10.1. The van der Waals surface area contributed by atoms with Crippen LogP contribution in [0.15, 0.2) is 0 Å². The van der Waals surface area contributed by atoms with E-state index in [1.165, 1.54) is 32.1 Å². The fraction of sp³-hybridized carbons (Fsp3) is 0.938. The molecule has 0 aliphatic carbocycles. The van der Waals surface area contributed by atoms with Crippen LogP contribution in [0.25, 0.3) is 0 Å². The molecule has 5 heteroatoms. The van der Waals surface area contributed by atoms with Crippen molar-refractivity contribution in [3.63, 3.8) is 0 Å². The van der Waals surface area contributed by atoms with Gasteiger partial charge in [-0.2, -0.15) is 0 Å². The van der Waals surface area contributed by atoms with E-state index in [4.69, 9.17) is 15.2 Å². The third-order valence-corrected chi connectivity index (χ3v) is 3.51. The zero-order chi connectivity index (χ0) is 15.9. The number of carbonyl (C=O) groups excluding carboxylic acids is 1. The van der Waals surface area contributed by atoms with Crippen molar-refractivity contribution in [2.75, 3.05) is 19.8 Å². The Bertz CT molecular complexity index is 244. The molecule has 0 aliphatic heterocycles. The molecule has 5 nitrogen and oxygen atoms in total. The van der Waals surface area contributed by atoms with Crippen LogP contribution in [0.5, 0.6) is 0 Å². The summed E-state index contributed by atoms with van der Waals surface area (Å²) in [6.45, 7) is 8.02. The molecule has 0 bridgehead atoms. The van der Waals surface area contributed by atoms with Crippen LogP contribution in [-0.4, -0.2) is 32.1 Å². The second kappa shape index (κ2) is 14.1. The van der Waals surface area contributed by atoms with Crippen LogP contribution in [0.1, 0.15) is 65.7 Å². The highest BCUT2D eigenvalue weighted by Gasteiger charge is 2.17. The third-order valence-electron chi connectivity index (χ3n) is 3.51. The van der Waals surface area contributed by atoms with Crippen molar-refractivity contribution in [3.05, 3.63) is 0 Å². The molecule has 0 fully saturated rings. The van der Waals surface area contributed by atoms with Crippen LogP contribution in [0.3, 0.4) is 0 Å². The lowest BCUT2D eigenvalue weighted by Crippen LogP contribution is -2.35. The Morgan fingerprint density at radius 3 is 2.19 bits per heavy atom. The number of carbonyl (C=O) groups is 1. The van der Waals surface area contributed by atoms with E-state index in [-0.39, 0.29) is 6.29 Å².